The van der Waals surface area contributed by atoms with E-state index in [9.17, 15) is 9.59 Å². The summed E-state index contributed by atoms with van der Waals surface area (Å²) in [5.41, 5.74) is 1.83. The molecule has 0 bridgehead atoms. The number of allylic oxidation sites excluding steroid dienone is 2. The predicted molar refractivity (Wildman–Crippen MR) is 90.5 cm³/mol. The highest BCUT2D eigenvalue weighted by atomic mass is 16.1. The monoisotopic (exact) mass is 312 g/mol. The molecular formula is C21H28O2. The lowest BCUT2D eigenvalue weighted by Gasteiger charge is -2.54. The molecule has 23 heavy (non-hydrogen) atoms. The van der Waals surface area contributed by atoms with E-state index in [1.807, 2.05) is 12.2 Å². The van der Waals surface area contributed by atoms with E-state index in [1.54, 1.807) is 0 Å². The minimum Gasteiger partial charge on any atom is -0.295 e. The van der Waals surface area contributed by atoms with E-state index in [4.69, 9.17) is 0 Å². The highest BCUT2D eigenvalue weighted by molar-refractivity contribution is 5.91. The van der Waals surface area contributed by atoms with Crippen LogP contribution in [0.15, 0.2) is 17.7 Å². The van der Waals surface area contributed by atoms with Crippen molar-refractivity contribution >= 4 is 11.7 Å². The van der Waals surface area contributed by atoms with Crippen LogP contribution in [0, 0.1) is 35.0 Å². The average Bonchev–Trinajstić information content (AvgIpc) is 2.94. The Balaban J connectivity index is 1.64. The van der Waals surface area contributed by atoms with E-state index in [2.05, 4.69) is 12.9 Å². The summed E-state index contributed by atoms with van der Waals surface area (Å²) in [5, 5.41) is 0. The number of hydrogen-bond acceptors (Lipinski definition) is 2. The first kappa shape index (κ1) is 15.4. The zero-order valence-corrected chi connectivity index (χ0v) is 14.2. The second kappa shape index (κ2) is 5.74. The first-order valence-electron chi connectivity index (χ1n) is 9.64. The van der Waals surface area contributed by atoms with E-state index < -0.39 is 0 Å². The largest absolute Gasteiger partial charge is 0.295 e. The molecule has 0 aromatic rings. The molecule has 4 aliphatic rings. The fourth-order valence-corrected chi connectivity index (χ4v) is 7.06. The molecule has 0 saturated heterocycles. The third-order valence-electron chi connectivity index (χ3n) is 8.01. The van der Waals surface area contributed by atoms with Crippen LogP contribution in [0.25, 0.3) is 0 Å². The van der Waals surface area contributed by atoms with Crippen molar-refractivity contribution in [2.24, 2.45) is 35.0 Å². The van der Waals surface area contributed by atoms with Gasteiger partial charge in [0.2, 0.25) is 0 Å². The third-order valence-corrected chi connectivity index (χ3v) is 8.01. The fraction of sp³-hybridized carbons (Fsp3) is 0.762. The van der Waals surface area contributed by atoms with Crippen LogP contribution in [0.2, 0.25) is 0 Å². The minimum atomic E-state index is 0.352. The van der Waals surface area contributed by atoms with Gasteiger partial charge >= 0.3 is 0 Å². The Morgan fingerprint density at radius 3 is 2.83 bits per heavy atom. The summed E-state index contributed by atoms with van der Waals surface area (Å²) >= 11 is 0. The van der Waals surface area contributed by atoms with Crippen LogP contribution in [0.5, 0.6) is 0 Å². The van der Waals surface area contributed by atoms with Crippen molar-refractivity contribution in [2.45, 2.75) is 64.7 Å². The van der Waals surface area contributed by atoms with Gasteiger partial charge in [-0.2, -0.15) is 0 Å². The Labute approximate surface area is 139 Å². The van der Waals surface area contributed by atoms with Crippen molar-refractivity contribution in [1.29, 1.82) is 0 Å². The molecule has 0 spiro atoms. The molecule has 4 rings (SSSR count). The zero-order chi connectivity index (χ0) is 16.0. The minimum absolute atomic E-state index is 0.352. The van der Waals surface area contributed by atoms with Crippen molar-refractivity contribution in [3.05, 3.63) is 17.7 Å². The number of rotatable bonds is 2. The van der Waals surface area contributed by atoms with E-state index in [-0.39, 0.29) is 0 Å². The second-order valence-corrected chi connectivity index (χ2v) is 8.40. The van der Waals surface area contributed by atoms with Crippen LogP contribution >= 0.6 is 0 Å². The molecule has 0 aromatic heterocycles. The van der Waals surface area contributed by atoms with E-state index in [1.165, 1.54) is 44.1 Å². The van der Waals surface area contributed by atoms with Gasteiger partial charge in [-0.25, -0.2) is 4.79 Å². The molecule has 0 aliphatic heterocycles. The van der Waals surface area contributed by atoms with Gasteiger partial charge in [0.15, 0.2) is 5.78 Å². The Bertz CT molecular complexity index is 583. The average molecular weight is 312 g/mol. The molecule has 4 aliphatic carbocycles. The first-order valence-corrected chi connectivity index (χ1v) is 9.64. The summed E-state index contributed by atoms with van der Waals surface area (Å²) in [7, 11) is 0. The number of hydrogen-bond donors (Lipinski definition) is 0. The van der Waals surface area contributed by atoms with Gasteiger partial charge in [-0.15, -0.1) is 0 Å². The smallest absolute Gasteiger partial charge is 0.155 e. The molecule has 2 heteroatoms. The van der Waals surface area contributed by atoms with Crippen LogP contribution in [0.4, 0.5) is 0 Å². The fourth-order valence-electron chi connectivity index (χ4n) is 7.06. The third kappa shape index (κ3) is 2.22. The van der Waals surface area contributed by atoms with Gasteiger partial charge in [-0.05, 0) is 92.4 Å². The lowest BCUT2D eigenvalue weighted by molar-refractivity contribution is -0.116. The Kier molecular flexibility index (Phi) is 3.84. The van der Waals surface area contributed by atoms with Crippen molar-refractivity contribution in [3.63, 3.8) is 0 Å². The van der Waals surface area contributed by atoms with Gasteiger partial charge in [-0.3, -0.25) is 4.79 Å². The lowest BCUT2D eigenvalue weighted by atomic mass is 9.50. The van der Waals surface area contributed by atoms with Crippen LogP contribution in [0.3, 0.4) is 0 Å². The van der Waals surface area contributed by atoms with Crippen molar-refractivity contribution < 1.29 is 9.59 Å². The Hall–Kier alpha value is -1.14. The number of fused-ring (bicyclic) bond motifs is 5. The van der Waals surface area contributed by atoms with Crippen LogP contribution in [-0.2, 0) is 9.59 Å². The maximum Gasteiger partial charge on any atom is 0.155 e. The predicted octanol–water partition coefficient (Wildman–Crippen LogP) is 4.52. The number of carbonyl (C=O) groups is 1. The molecule has 2 nitrogen and oxygen atoms in total. The van der Waals surface area contributed by atoms with Crippen molar-refractivity contribution in [1.82, 2.24) is 0 Å². The summed E-state index contributed by atoms with van der Waals surface area (Å²) in [6, 6.07) is 0. The molecule has 0 N–H and O–H groups in total. The van der Waals surface area contributed by atoms with Crippen LogP contribution in [0.1, 0.15) is 64.7 Å². The van der Waals surface area contributed by atoms with E-state index >= 15 is 0 Å². The molecule has 0 amide bonds. The highest BCUT2D eigenvalue weighted by Gasteiger charge is 2.56. The summed E-state index contributed by atoms with van der Waals surface area (Å²) in [5.74, 6) is 6.01. The normalized spacial score (nSPS) is 45.3. The summed E-state index contributed by atoms with van der Waals surface area (Å²) in [4.78, 5) is 22.7. The standard InChI is InChI=1S/C21H28O2/c1-2-21-11-9-18-17-7-5-16(23)13-14(17)3-6-19(18)20(21)8-4-15(21)10-12-22/h10,13,15,17-20H,2-9,11H2,1H3/t15?,17-,18+,19+,20-,21?/m0/s1. The van der Waals surface area contributed by atoms with E-state index in [0.29, 0.717) is 23.0 Å². The van der Waals surface area contributed by atoms with Gasteiger partial charge in [0.25, 0.3) is 0 Å². The zero-order valence-electron chi connectivity index (χ0n) is 14.2. The molecule has 3 saturated carbocycles. The Morgan fingerprint density at radius 1 is 1.17 bits per heavy atom. The molecule has 6 atom stereocenters. The van der Waals surface area contributed by atoms with Gasteiger partial charge < -0.3 is 0 Å². The van der Waals surface area contributed by atoms with E-state index in [0.717, 1.165) is 37.0 Å². The van der Waals surface area contributed by atoms with Crippen molar-refractivity contribution in [3.8, 4) is 0 Å². The number of ketones is 1. The maximum atomic E-state index is 11.8. The lowest BCUT2D eigenvalue weighted by Crippen LogP contribution is -2.47. The molecule has 3 fully saturated rings. The second-order valence-electron chi connectivity index (χ2n) is 8.40. The van der Waals surface area contributed by atoms with Gasteiger partial charge in [-0.1, -0.05) is 12.5 Å². The molecule has 124 valence electrons. The molecule has 0 aromatic carbocycles. The van der Waals surface area contributed by atoms with Crippen LogP contribution in [-0.4, -0.2) is 11.7 Å². The molecule has 2 unspecified atom stereocenters. The Morgan fingerprint density at radius 2 is 2.04 bits per heavy atom. The summed E-state index contributed by atoms with van der Waals surface area (Å²) in [6.07, 6.45) is 14.3. The SMILES string of the molecule is CCC12CC[C@H]3[C@@H](CCC4=CC(=O)CC[C@@H]43)[C@@H]1CCC2C=C=O. The van der Waals surface area contributed by atoms with Crippen LogP contribution < -0.4 is 0 Å². The highest BCUT2D eigenvalue weighted by Crippen LogP contribution is 2.65. The number of carbonyl (C=O) groups excluding carboxylic acids is 2. The molecular weight excluding hydrogens is 284 g/mol. The summed E-state index contributed by atoms with van der Waals surface area (Å²) in [6.45, 7) is 2.33. The quantitative estimate of drug-likeness (QED) is 0.702. The molecule has 0 radical (unpaired) electrons. The molecule has 0 heterocycles. The summed E-state index contributed by atoms with van der Waals surface area (Å²) < 4.78 is 0. The topological polar surface area (TPSA) is 34.1 Å². The van der Waals surface area contributed by atoms with Gasteiger partial charge in [0, 0.05) is 12.5 Å². The maximum absolute atomic E-state index is 11.8. The first-order chi connectivity index (χ1) is 11.2. The van der Waals surface area contributed by atoms with Gasteiger partial charge in [0.05, 0.1) is 0 Å². The van der Waals surface area contributed by atoms with Gasteiger partial charge in [0.1, 0.15) is 5.94 Å². The van der Waals surface area contributed by atoms with Crippen molar-refractivity contribution in [2.75, 3.05) is 0 Å².